The number of hydrogen-bond donors (Lipinski definition) is 2. The van der Waals surface area contributed by atoms with Gasteiger partial charge in [-0.05, 0) is 35.1 Å². The molecular weight excluding hydrogens is 236 g/mol. The summed E-state index contributed by atoms with van der Waals surface area (Å²) < 4.78 is 0. The fourth-order valence-corrected chi connectivity index (χ4v) is 4.03. The Balaban J connectivity index is 2.04. The lowest BCUT2D eigenvalue weighted by Crippen LogP contribution is -2.44. The Kier molecular flexibility index (Phi) is 2.17. The van der Waals surface area contributed by atoms with Gasteiger partial charge in [0.05, 0.1) is 17.6 Å². The van der Waals surface area contributed by atoms with Crippen molar-refractivity contribution in [2.24, 2.45) is 0 Å². The lowest BCUT2D eigenvalue weighted by atomic mass is 9.73. The van der Waals surface area contributed by atoms with Crippen molar-refractivity contribution in [2.75, 3.05) is 0 Å². The van der Waals surface area contributed by atoms with E-state index in [4.69, 9.17) is 0 Å². The summed E-state index contributed by atoms with van der Waals surface area (Å²) in [6, 6.07) is 16.2. The molecule has 0 amide bonds. The number of hydrogen-bond acceptors (Lipinski definition) is 2. The molecule has 2 heteroatoms. The van der Waals surface area contributed by atoms with Crippen LogP contribution in [0, 0.1) is 0 Å². The predicted octanol–water partition coefficient (Wildman–Crippen LogP) is 1.81. The highest BCUT2D eigenvalue weighted by Gasteiger charge is 2.56. The third-order valence-electron chi connectivity index (χ3n) is 4.80. The number of fused-ring (bicyclic) bond motifs is 4. The van der Waals surface area contributed by atoms with Crippen LogP contribution in [0.4, 0.5) is 0 Å². The topological polar surface area (TPSA) is 40.5 Å². The Labute approximate surface area is 112 Å². The zero-order valence-electron chi connectivity index (χ0n) is 10.6. The molecule has 0 heterocycles. The van der Waals surface area contributed by atoms with Crippen LogP contribution in [0.25, 0.3) is 0 Å². The van der Waals surface area contributed by atoms with E-state index in [9.17, 15) is 10.2 Å². The summed E-state index contributed by atoms with van der Waals surface area (Å²) in [5.74, 6) is 0. The second kappa shape index (κ2) is 3.69. The summed E-state index contributed by atoms with van der Waals surface area (Å²) in [5, 5.41) is 21.3. The average Bonchev–Trinajstić information content (AvgIpc) is 2.88. The van der Waals surface area contributed by atoms with Gasteiger partial charge in [-0.2, -0.15) is 0 Å². The molecule has 2 aromatic rings. The van der Waals surface area contributed by atoms with E-state index in [1.165, 1.54) is 0 Å². The van der Waals surface area contributed by atoms with E-state index in [-0.39, 0.29) is 0 Å². The molecule has 2 aromatic carbocycles. The molecule has 2 nitrogen and oxygen atoms in total. The summed E-state index contributed by atoms with van der Waals surface area (Å²) in [4.78, 5) is 0. The van der Waals surface area contributed by atoms with Crippen molar-refractivity contribution in [3.63, 3.8) is 0 Å². The smallest absolute Gasteiger partial charge is 0.0743 e. The zero-order chi connectivity index (χ0) is 13.0. The van der Waals surface area contributed by atoms with Crippen LogP contribution >= 0.6 is 0 Å². The molecule has 0 saturated carbocycles. The van der Waals surface area contributed by atoms with Crippen LogP contribution in [0.1, 0.15) is 22.3 Å². The molecule has 0 aliphatic heterocycles. The maximum Gasteiger partial charge on any atom is 0.0743 e. The van der Waals surface area contributed by atoms with Crippen molar-refractivity contribution in [2.45, 2.75) is 30.5 Å². The van der Waals surface area contributed by atoms with E-state index in [1.807, 2.05) is 24.3 Å². The summed E-state index contributed by atoms with van der Waals surface area (Å²) in [6.07, 6.45) is 0.176. The molecule has 1 spiro atoms. The third-order valence-corrected chi connectivity index (χ3v) is 4.80. The zero-order valence-corrected chi connectivity index (χ0v) is 10.6. The highest BCUT2D eigenvalue weighted by atomic mass is 16.3. The van der Waals surface area contributed by atoms with Gasteiger partial charge in [0.1, 0.15) is 0 Å². The van der Waals surface area contributed by atoms with E-state index < -0.39 is 17.6 Å². The Morgan fingerprint density at radius 3 is 1.63 bits per heavy atom. The molecule has 0 aromatic heterocycles. The van der Waals surface area contributed by atoms with E-state index in [2.05, 4.69) is 24.3 Å². The Hall–Kier alpha value is -1.64. The second-order valence-corrected chi connectivity index (χ2v) is 5.62. The molecule has 2 aliphatic rings. The molecule has 0 saturated heterocycles. The molecule has 2 aliphatic carbocycles. The van der Waals surface area contributed by atoms with E-state index >= 15 is 0 Å². The first-order chi connectivity index (χ1) is 9.24. The highest BCUT2D eigenvalue weighted by Crippen LogP contribution is 2.52. The van der Waals surface area contributed by atoms with Gasteiger partial charge in [0, 0.05) is 0 Å². The van der Waals surface area contributed by atoms with Gasteiger partial charge in [-0.25, -0.2) is 0 Å². The fraction of sp³-hybridized carbons (Fsp3) is 0.294. The summed E-state index contributed by atoms with van der Waals surface area (Å²) >= 11 is 0. The standard InChI is InChI=1S/C17H16O2/c18-15-9-11-5-1-3-7-13(11)17(15)14-8-4-2-6-12(14)10-16(17)19/h1-8,15-16,18-19H,9-10H2/t15-,16-,17?/m0/s1. The highest BCUT2D eigenvalue weighted by molar-refractivity contribution is 5.57. The summed E-state index contributed by atoms with van der Waals surface area (Å²) in [5.41, 5.74) is 3.89. The molecule has 96 valence electrons. The summed E-state index contributed by atoms with van der Waals surface area (Å²) in [7, 11) is 0. The molecule has 0 unspecified atom stereocenters. The molecule has 0 radical (unpaired) electrons. The second-order valence-electron chi connectivity index (χ2n) is 5.62. The summed E-state index contributed by atoms with van der Waals surface area (Å²) in [6.45, 7) is 0. The van der Waals surface area contributed by atoms with Crippen LogP contribution in [0.15, 0.2) is 48.5 Å². The maximum absolute atomic E-state index is 10.7. The number of benzene rings is 2. The lowest BCUT2D eigenvalue weighted by molar-refractivity contribution is 0.0288. The van der Waals surface area contributed by atoms with Gasteiger partial charge >= 0.3 is 0 Å². The minimum Gasteiger partial charge on any atom is -0.391 e. The lowest BCUT2D eigenvalue weighted by Gasteiger charge is -2.34. The van der Waals surface area contributed by atoms with Crippen molar-refractivity contribution >= 4 is 0 Å². The van der Waals surface area contributed by atoms with E-state index in [0.29, 0.717) is 12.8 Å². The minimum atomic E-state index is -0.618. The van der Waals surface area contributed by atoms with Crippen LogP contribution in [0.3, 0.4) is 0 Å². The van der Waals surface area contributed by atoms with Gasteiger partial charge in [-0.1, -0.05) is 48.5 Å². The quantitative estimate of drug-likeness (QED) is 0.750. The van der Waals surface area contributed by atoms with E-state index in [0.717, 1.165) is 22.3 Å². The minimum absolute atomic E-state index is 0.538. The first kappa shape index (κ1) is 11.2. The van der Waals surface area contributed by atoms with Crippen LogP contribution < -0.4 is 0 Å². The van der Waals surface area contributed by atoms with Crippen LogP contribution in [-0.2, 0) is 18.3 Å². The van der Waals surface area contributed by atoms with Gasteiger partial charge in [0.15, 0.2) is 0 Å². The molecule has 0 fully saturated rings. The number of aliphatic hydroxyl groups excluding tert-OH is 2. The number of aliphatic hydroxyl groups is 2. The van der Waals surface area contributed by atoms with Gasteiger partial charge in [-0.3, -0.25) is 0 Å². The van der Waals surface area contributed by atoms with Crippen molar-refractivity contribution in [1.29, 1.82) is 0 Å². The first-order valence-electron chi connectivity index (χ1n) is 6.77. The van der Waals surface area contributed by atoms with Crippen LogP contribution in [-0.4, -0.2) is 22.4 Å². The SMILES string of the molecule is O[C@H]1Cc2ccccc2C12c1ccccc1C[C@@H]2O. The fourth-order valence-electron chi connectivity index (χ4n) is 4.03. The van der Waals surface area contributed by atoms with Gasteiger partial charge < -0.3 is 10.2 Å². The van der Waals surface area contributed by atoms with Gasteiger partial charge in [0.25, 0.3) is 0 Å². The average molecular weight is 252 g/mol. The van der Waals surface area contributed by atoms with Crippen LogP contribution in [0.5, 0.6) is 0 Å². The molecule has 2 atom stereocenters. The molecular formula is C17H16O2. The first-order valence-corrected chi connectivity index (χ1v) is 6.77. The molecule has 19 heavy (non-hydrogen) atoms. The van der Waals surface area contributed by atoms with Gasteiger partial charge in [-0.15, -0.1) is 0 Å². The van der Waals surface area contributed by atoms with Crippen molar-refractivity contribution in [1.82, 2.24) is 0 Å². The Morgan fingerprint density at radius 2 is 1.16 bits per heavy atom. The third kappa shape index (κ3) is 1.23. The predicted molar refractivity (Wildman–Crippen MR) is 73.1 cm³/mol. The molecule has 4 rings (SSSR count). The van der Waals surface area contributed by atoms with Crippen molar-refractivity contribution < 1.29 is 10.2 Å². The molecule has 2 N–H and O–H groups in total. The Morgan fingerprint density at radius 1 is 0.737 bits per heavy atom. The largest absolute Gasteiger partial charge is 0.391 e. The van der Waals surface area contributed by atoms with Crippen molar-refractivity contribution in [3.05, 3.63) is 70.8 Å². The van der Waals surface area contributed by atoms with E-state index in [1.54, 1.807) is 0 Å². The Bertz CT molecular complexity index is 590. The normalized spacial score (nSPS) is 26.4. The number of rotatable bonds is 0. The van der Waals surface area contributed by atoms with Crippen LogP contribution in [0.2, 0.25) is 0 Å². The molecule has 0 bridgehead atoms. The monoisotopic (exact) mass is 252 g/mol. The van der Waals surface area contributed by atoms with Crippen molar-refractivity contribution in [3.8, 4) is 0 Å². The maximum atomic E-state index is 10.7. The van der Waals surface area contributed by atoms with Gasteiger partial charge in [0.2, 0.25) is 0 Å².